The number of nitrogens with zero attached hydrogens (tertiary/aromatic N) is 2. The summed E-state index contributed by atoms with van der Waals surface area (Å²) < 4.78 is 5.52. The lowest BCUT2D eigenvalue weighted by Gasteiger charge is -2.50. The van der Waals surface area contributed by atoms with E-state index in [9.17, 15) is 19.5 Å². The average Bonchev–Trinajstić information content (AvgIpc) is 2.74. The molecule has 9 heteroatoms. The van der Waals surface area contributed by atoms with Crippen molar-refractivity contribution in [3.05, 3.63) is 63.9 Å². The maximum atomic E-state index is 14.0. The lowest BCUT2D eigenvalue weighted by atomic mass is 9.68. The molecule has 0 bridgehead atoms. The number of benzene rings is 1. The third kappa shape index (κ3) is 6.56. The molecule has 0 saturated carbocycles. The molecular formula is C27H32Cl2N2O5. The third-order valence-corrected chi connectivity index (χ3v) is 6.82. The number of rotatable bonds is 7. The molecule has 1 saturated heterocycles. The summed E-state index contributed by atoms with van der Waals surface area (Å²) in [6.45, 7) is 8.78. The number of amides is 1. The molecule has 3 rings (SSSR count). The smallest absolute Gasteiger partial charge is 0.308 e. The molecule has 2 aromatic rings. The van der Waals surface area contributed by atoms with Gasteiger partial charge in [0.1, 0.15) is 5.60 Å². The van der Waals surface area contributed by atoms with E-state index in [0.29, 0.717) is 15.7 Å². The first-order valence-corrected chi connectivity index (χ1v) is 12.6. The summed E-state index contributed by atoms with van der Waals surface area (Å²) in [5.41, 5.74) is -0.455. The van der Waals surface area contributed by atoms with E-state index in [0.717, 1.165) is 5.56 Å². The molecule has 1 amide bonds. The Bertz CT molecular complexity index is 1130. The topological polar surface area (TPSA) is 96.8 Å². The number of halogens is 2. The zero-order valence-electron chi connectivity index (χ0n) is 21.1. The quantitative estimate of drug-likeness (QED) is 0.434. The summed E-state index contributed by atoms with van der Waals surface area (Å²) in [5.74, 6) is -2.24. The van der Waals surface area contributed by atoms with E-state index in [2.05, 4.69) is 4.98 Å². The van der Waals surface area contributed by atoms with Crippen molar-refractivity contribution in [2.45, 2.75) is 77.5 Å². The maximum absolute atomic E-state index is 14.0. The molecule has 1 N–H and O–H groups in total. The van der Waals surface area contributed by atoms with Crippen LogP contribution in [-0.2, 0) is 19.1 Å². The normalized spacial score (nSPS) is 23.3. The fourth-order valence-electron chi connectivity index (χ4n) is 4.94. The van der Waals surface area contributed by atoms with Gasteiger partial charge in [-0.15, -0.1) is 0 Å². The van der Waals surface area contributed by atoms with Gasteiger partial charge in [-0.3, -0.25) is 19.4 Å². The number of carboxylic acid groups (broad SMARTS) is 1. The van der Waals surface area contributed by atoms with Gasteiger partial charge in [0.15, 0.2) is 0 Å². The molecule has 194 valence electrons. The van der Waals surface area contributed by atoms with Gasteiger partial charge in [0.25, 0.3) is 0 Å². The maximum Gasteiger partial charge on any atom is 0.308 e. The van der Waals surface area contributed by atoms with Crippen LogP contribution >= 0.6 is 23.2 Å². The van der Waals surface area contributed by atoms with Crippen molar-refractivity contribution >= 4 is 41.0 Å². The van der Waals surface area contributed by atoms with Crippen LogP contribution in [0.15, 0.2) is 42.6 Å². The van der Waals surface area contributed by atoms with Gasteiger partial charge in [0.05, 0.1) is 24.3 Å². The second-order valence-electron chi connectivity index (χ2n) is 10.7. The van der Waals surface area contributed by atoms with Crippen molar-refractivity contribution in [2.75, 3.05) is 0 Å². The van der Waals surface area contributed by atoms with Crippen LogP contribution < -0.4 is 0 Å². The molecule has 1 aromatic carbocycles. The number of aliphatic carboxylic acids is 1. The number of piperidine rings is 1. The van der Waals surface area contributed by atoms with Crippen molar-refractivity contribution in [3.63, 3.8) is 0 Å². The van der Waals surface area contributed by atoms with Gasteiger partial charge in [-0.05, 0) is 63.9 Å². The Morgan fingerprint density at radius 1 is 1.19 bits per heavy atom. The van der Waals surface area contributed by atoms with Gasteiger partial charge in [-0.1, -0.05) is 42.3 Å². The highest BCUT2D eigenvalue weighted by molar-refractivity contribution is 6.30. The number of carboxylic acids is 1. The Morgan fingerprint density at radius 2 is 1.83 bits per heavy atom. The van der Waals surface area contributed by atoms with E-state index in [1.165, 1.54) is 0 Å². The molecule has 1 aliphatic heterocycles. The van der Waals surface area contributed by atoms with Crippen LogP contribution in [0.2, 0.25) is 10.0 Å². The van der Waals surface area contributed by atoms with E-state index < -0.39 is 35.0 Å². The second-order valence-corrected chi connectivity index (χ2v) is 11.6. The summed E-state index contributed by atoms with van der Waals surface area (Å²) in [7, 11) is 0. The first-order valence-electron chi connectivity index (χ1n) is 11.8. The summed E-state index contributed by atoms with van der Waals surface area (Å²) >= 11 is 12.4. The Morgan fingerprint density at radius 3 is 2.39 bits per heavy atom. The van der Waals surface area contributed by atoms with Crippen LogP contribution in [0.4, 0.5) is 0 Å². The first-order chi connectivity index (χ1) is 16.7. The molecule has 0 spiro atoms. The highest BCUT2D eigenvalue weighted by atomic mass is 35.5. The minimum Gasteiger partial charge on any atom is -0.481 e. The van der Waals surface area contributed by atoms with Gasteiger partial charge < -0.3 is 14.7 Å². The van der Waals surface area contributed by atoms with Gasteiger partial charge in [0, 0.05) is 33.9 Å². The Balaban J connectivity index is 2.15. The van der Waals surface area contributed by atoms with E-state index in [1.807, 2.05) is 12.1 Å². The zero-order valence-corrected chi connectivity index (χ0v) is 22.6. The van der Waals surface area contributed by atoms with Crippen LogP contribution in [0.1, 0.15) is 77.1 Å². The number of esters is 1. The number of carbonyl (C=O) groups excluding carboxylic acids is 2. The lowest BCUT2D eigenvalue weighted by Crippen LogP contribution is -2.56. The number of pyridine rings is 1. The van der Waals surface area contributed by atoms with Crippen LogP contribution in [0.25, 0.3) is 0 Å². The Kier molecular flexibility index (Phi) is 8.36. The van der Waals surface area contributed by atoms with Gasteiger partial charge in [-0.25, -0.2) is 0 Å². The summed E-state index contributed by atoms with van der Waals surface area (Å²) in [6.07, 6.45) is 1.43. The molecule has 1 aliphatic rings. The number of aromatic nitrogens is 1. The number of carbonyl (C=O) groups is 3. The zero-order chi connectivity index (χ0) is 26.8. The van der Waals surface area contributed by atoms with Crippen molar-refractivity contribution < 1.29 is 24.2 Å². The van der Waals surface area contributed by atoms with Crippen molar-refractivity contribution in [2.24, 2.45) is 5.41 Å². The predicted octanol–water partition coefficient (Wildman–Crippen LogP) is 6.05. The van der Waals surface area contributed by atoms with Gasteiger partial charge in [0.2, 0.25) is 5.91 Å². The highest BCUT2D eigenvalue weighted by Gasteiger charge is 2.52. The predicted molar refractivity (Wildman–Crippen MR) is 138 cm³/mol. The standard InChI is InChI=1S/C27H32Cl2N2O5/c1-16(12-23(34)36-26(2,3)4)31-24(17-6-8-18(28)9-7-17)20(21-13-19(29)10-11-30-21)14-27(5,25(31)35)15-22(32)33/h6-11,13,16,20,24H,12,14-15H2,1-5H3,(H,32,33)/t16-,20?,24?,27?/m0/s1. The fraction of sp³-hybridized carbons (Fsp3) is 0.481. The number of hydrogen-bond acceptors (Lipinski definition) is 5. The lowest BCUT2D eigenvalue weighted by molar-refractivity contribution is -0.164. The number of hydrogen-bond donors (Lipinski definition) is 1. The van der Waals surface area contributed by atoms with Gasteiger partial charge >= 0.3 is 11.9 Å². The van der Waals surface area contributed by atoms with E-state index in [-0.39, 0.29) is 31.1 Å². The molecule has 1 aromatic heterocycles. The molecule has 0 radical (unpaired) electrons. The number of likely N-dealkylation sites (tertiary alicyclic amines) is 1. The first kappa shape index (κ1) is 27.9. The minimum absolute atomic E-state index is 0.0497. The van der Waals surface area contributed by atoms with Gasteiger partial charge in [-0.2, -0.15) is 0 Å². The Hall–Kier alpha value is -2.64. The van der Waals surface area contributed by atoms with Crippen LogP contribution in [0.5, 0.6) is 0 Å². The fourth-order valence-corrected chi connectivity index (χ4v) is 5.23. The SMILES string of the molecule is C[C@@H](CC(=O)OC(C)(C)C)N1C(=O)C(C)(CC(=O)O)CC(c2cc(Cl)ccn2)C1c1ccc(Cl)cc1. The molecular weight excluding hydrogens is 503 g/mol. The summed E-state index contributed by atoms with van der Waals surface area (Å²) in [5, 5.41) is 10.7. The van der Waals surface area contributed by atoms with Crippen LogP contribution in [-0.4, -0.2) is 44.5 Å². The van der Waals surface area contributed by atoms with Crippen molar-refractivity contribution in [3.8, 4) is 0 Å². The van der Waals surface area contributed by atoms with E-state index in [4.69, 9.17) is 27.9 Å². The number of ether oxygens (including phenoxy) is 1. The second kappa shape index (κ2) is 10.8. The van der Waals surface area contributed by atoms with Crippen molar-refractivity contribution in [1.29, 1.82) is 0 Å². The molecule has 36 heavy (non-hydrogen) atoms. The minimum atomic E-state index is -1.22. The molecule has 1 fully saturated rings. The monoisotopic (exact) mass is 534 g/mol. The molecule has 0 aliphatic carbocycles. The average molecular weight is 535 g/mol. The molecule has 7 nitrogen and oxygen atoms in total. The molecule has 3 unspecified atom stereocenters. The van der Waals surface area contributed by atoms with Crippen LogP contribution in [0, 0.1) is 5.41 Å². The Labute approximate surface area is 221 Å². The largest absolute Gasteiger partial charge is 0.481 e. The van der Waals surface area contributed by atoms with Crippen LogP contribution in [0.3, 0.4) is 0 Å². The van der Waals surface area contributed by atoms with Crippen molar-refractivity contribution in [1.82, 2.24) is 9.88 Å². The van der Waals surface area contributed by atoms with E-state index in [1.54, 1.807) is 70.0 Å². The summed E-state index contributed by atoms with van der Waals surface area (Å²) in [6, 6.07) is 9.45. The summed E-state index contributed by atoms with van der Waals surface area (Å²) in [4.78, 5) is 44.8. The molecule has 2 heterocycles. The highest BCUT2D eigenvalue weighted by Crippen LogP contribution is 2.51. The van der Waals surface area contributed by atoms with E-state index >= 15 is 0 Å². The molecule has 4 atom stereocenters. The third-order valence-electron chi connectivity index (χ3n) is 6.33.